The molecular formula is C13H15NO. The molecule has 0 amide bonds. The third-order valence-electron chi connectivity index (χ3n) is 2.35. The summed E-state index contributed by atoms with van der Waals surface area (Å²) in [6, 6.07) is 5.67. The third-order valence-corrected chi connectivity index (χ3v) is 2.35. The lowest BCUT2D eigenvalue weighted by molar-refractivity contribution is -0.118. The summed E-state index contributed by atoms with van der Waals surface area (Å²) < 4.78 is 0. The molecule has 0 heterocycles. The quantitative estimate of drug-likeness (QED) is 0.683. The summed E-state index contributed by atoms with van der Waals surface area (Å²) in [4.78, 5) is 15.0. The van der Waals surface area contributed by atoms with Crippen LogP contribution in [0.3, 0.4) is 0 Å². The number of rotatable bonds is 4. The smallest absolute Gasteiger partial charge is 0.193 e. The van der Waals surface area contributed by atoms with E-state index in [1.165, 1.54) is 0 Å². The number of hydrogen-bond acceptors (Lipinski definition) is 1. The van der Waals surface area contributed by atoms with Gasteiger partial charge in [-0.2, -0.15) is 0 Å². The van der Waals surface area contributed by atoms with E-state index in [9.17, 15) is 4.79 Å². The van der Waals surface area contributed by atoms with E-state index in [0.717, 1.165) is 17.5 Å². The zero-order valence-corrected chi connectivity index (χ0v) is 9.21. The molecule has 78 valence electrons. The molecule has 1 aromatic carbocycles. The van der Waals surface area contributed by atoms with Gasteiger partial charge in [-0.15, -0.1) is 0 Å². The number of ketones is 1. The highest BCUT2D eigenvalue weighted by Gasteiger charge is 2.08. The fourth-order valence-electron chi connectivity index (χ4n) is 1.60. The Balaban J connectivity index is 2.91. The number of aryl methyl sites for hydroxylation is 1. The molecule has 2 heteroatoms. The first kappa shape index (κ1) is 11.5. The maximum atomic E-state index is 11.5. The topological polar surface area (TPSA) is 21.4 Å². The Hall–Kier alpha value is -1.62. The average Bonchev–Trinajstić information content (AvgIpc) is 2.18. The normalized spacial score (nSPS) is 9.67. The Morgan fingerprint density at radius 2 is 2.20 bits per heavy atom. The fraction of sp³-hybridized carbons (Fsp3) is 0.385. The van der Waals surface area contributed by atoms with E-state index in [-0.39, 0.29) is 5.78 Å². The lowest BCUT2D eigenvalue weighted by Crippen LogP contribution is -2.02. The number of hydrogen-bond donors (Lipinski definition) is 0. The molecule has 0 saturated carbocycles. The first-order chi connectivity index (χ1) is 7.19. The third kappa shape index (κ3) is 2.92. The maximum Gasteiger partial charge on any atom is 0.193 e. The average molecular weight is 201 g/mol. The predicted molar refractivity (Wildman–Crippen MR) is 61.1 cm³/mol. The van der Waals surface area contributed by atoms with Crippen molar-refractivity contribution in [2.45, 2.75) is 33.1 Å². The summed E-state index contributed by atoms with van der Waals surface area (Å²) in [5.74, 6) is 0.216. The predicted octanol–water partition coefficient (Wildman–Crippen LogP) is 3.46. The van der Waals surface area contributed by atoms with E-state index >= 15 is 0 Å². The maximum absolute atomic E-state index is 11.5. The van der Waals surface area contributed by atoms with Gasteiger partial charge in [-0.25, -0.2) is 4.85 Å². The van der Waals surface area contributed by atoms with Gasteiger partial charge in [0.2, 0.25) is 0 Å². The van der Waals surface area contributed by atoms with Crippen LogP contribution >= 0.6 is 0 Å². The first-order valence-electron chi connectivity index (χ1n) is 5.16. The van der Waals surface area contributed by atoms with Crippen molar-refractivity contribution in [3.05, 3.63) is 40.7 Å². The number of Topliss-reactive ketones (excluding diaryl/α,β-unsaturated/α-hetero) is 1. The second kappa shape index (κ2) is 5.31. The second-order valence-electron chi connectivity index (χ2n) is 3.66. The van der Waals surface area contributed by atoms with Gasteiger partial charge in [0, 0.05) is 12.8 Å². The van der Waals surface area contributed by atoms with Crippen LogP contribution < -0.4 is 0 Å². The Morgan fingerprint density at radius 1 is 1.47 bits per heavy atom. The molecule has 0 N–H and O–H groups in total. The van der Waals surface area contributed by atoms with Crippen molar-refractivity contribution in [1.82, 2.24) is 0 Å². The molecule has 0 atom stereocenters. The number of para-hydroxylation sites is 1. The van der Waals surface area contributed by atoms with Crippen molar-refractivity contribution in [3.8, 4) is 0 Å². The molecule has 0 aliphatic rings. The first-order valence-corrected chi connectivity index (χ1v) is 5.16. The van der Waals surface area contributed by atoms with Crippen LogP contribution in [0.25, 0.3) is 4.85 Å². The zero-order valence-electron chi connectivity index (χ0n) is 9.21. The van der Waals surface area contributed by atoms with Crippen LogP contribution in [0.1, 0.15) is 30.9 Å². The van der Waals surface area contributed by atoms with Crippen LogP contribution in [0.5, 0.6) is 0 Å². The zero-order chi connectivity index (χ0) is 11.3. The van der Waals surface area contributed by atoms with Crippen molar-refractivity contribution in [2.24, 2.45) is 0 Å². The van der Waals surface area contributed by atoms with Crippen LogP contribution in [0.2, 0.25) is 0 Å². The van der Waals surface area contributed by atoms with E-state index < -0.39 is 0 Å². The van der Waals surface area contributed by atoms with Gasteiger partial charge in [0.25, 0.3) is 0 Å². The molecule has 0 aliphatic heterocycles. The lowest BCUT2D eigenvalue weighted by atomic mass is 10.0. The van der Waals surface area contributed by atoms with E-state index in [4.69, 9.17) is 6.57 Å². The highest BCUT2D eigenvalue weighted by atomic mass is 16.1. The van der Waals surface area contributed by atoms with Gasteiger partial charge in [-0.05, 0) is 24.5 Å². The van der Waals surface area contributed by atoms with Crippen LogP contribution in [-0.2, 0) is 11.2 Å². The van der Waals surface area contributed by atoms with Gasteiger partial charge < -0.3 is 0 Å². The lowest BCUT2D eigenvalue weighted by Gasteiger charge is -2.05. The van der Waals surface area contributed by atoms with Gasteiger partial charge in [0.05, 0.1) is 6.57 Å². The minimum Gasteiger partial charge on any atom is -0.299 e. The van der Waals surface area contributed by atoms with E-state index in [2.05, 4.69) is 4.85 Å². The van der Waals surface area contributed by atoms with E-state index in [1.807, 2.05) is 32.0 Å². The van der Waals surface area contributed by atoms with Crippen molar-refractivity contribution < 1.29 is 4.79 Å². The Bertz CT molecular complexity index is 401. The van der Waals surface area contributed by atoms with Crippen LogP contribution in [0.15, 0.2) is 18.2 Å². The molecule has 2 nitrogen and oxygen atoms in total. The molecule has 1 rings (SSSR count). The molecule has 0 aromatic heterocycles. The molecule has 0 radical (unpaired) electrons. The minimum atomic E-state index is 0.216. The summed E-state index contributed by atoms with van der Waals surface area (Å²) >= 11 is 0. The largest absolute Gasteiger partial charge is 0.299 e. The summed E-state index contributed by atoms with van der Waals surface area (Å²) in [6.45, 7) is 11.0. The van der Waals surface area contributed by atoms with Crippen molar-refractivity contribution in [3.63, 3.8) is 0 Å². The molecule has 1 aromatic rings. The van der Waals surface area contributed by atoms with Crippen molar-refractivity contribution in [1.29, 1.82) is 0 Å². The van der Waals surface area contributed by atoms with Gasteiger partial charge in [-0.3, -0.25) is 4.79 Å². The second-order valence-corrected chi connectivity index (χ2v) is 3.66. The summed E-state index contributed by atoms with van der Waals surface area (Å²) in [6.07, 6.45) is 1.87. The van der Waals surface area contributed by atoms with Crippen molar-refractivity contribution in [2.75, 3.05) is 0 Å². The highest BCUT2D eigenvalue weighted by molar-refractivity contribution is 5.83. The summed E-state index contributed by atoms with van der Waals surface area (Å²) in [7, 11) is 0. The molecular weight excluding hydrogens is 186 g/mol. The SMILES string of the molecule is [C-]#[N+]c1c(C)cccc1CC(=O)CCC. The van der Waals surface area contributed by atoms with E-state index in [1.54, 1.807) is 0 Å². The minimum absolute atomic E-state index is 0.216. The molecule has 0 unspecified atom stereocenters. The monoisotopic (exact) mass is 201 g/mol. The van der Waals surface area contributed by atoms with Crippen LogP contribution in [-0.4, -0.2) is 5.78 Å². The Kier molecular flexibility index (Phi) is 4.05. The van der Waals surface area contributed by atoms with Crippen LogP contribution in [0, 0.1) is 13.5 Å². The fourth-order valence-corrected chi connectivity index (χ4v) is 1.60. The molecule has 0 saturated heterocycles. The Morgan fingerprint density at radius 3 is 2.80 bits per heavy atom. The van der Waals surface area contributed by atoms with Gasteiger partial charge in [0.1, 0.15) is 5.78 Å². The molecule has 0 spiro atoms. The number of carbonyl (C=O) groups excluding carboxylic acids is 1. The molecule has 0 fully saturated rings. The van der Waals surface area contributed by atoms with Gasteiger partial charge >= 0.3 is 0 Å². The van der Waals surface area contributed by atoms with E-state index in [0.29, 0.717) is 18.5 Å². The molecule has 15 heavy (non-hydrogen) atoms. The standard InChI is InChI=1S/C13H15NO/c1-4-6-12(15)9-11-8-5-7-10(2)13(11)14-3/h5,7-8H,4,6,9H2,1-2H3. The molecule has 0 aliphatic carbocycles. The Labute approximate surface area is 90.8 Å². The van der Waals surface area contributed by atoms with Crippen molar-refractivity contribution >= 4 is 11.5 Å². The number of benzene rings is 1. The van der Waals surface area contributed by atoms with Crippen LogP contribution in [0.4, 0.5) is 5.69 Å². The molecule has 0 bridgehead atoms. The summed E-state index contributed by atoms with van der Waals surface area (Å²) in [5.41, 5.74) is 2.46. The highest BCUT2D eigenvalue weighted by Crippen LogP contribution is 2.24. The summed E-state index contributed by atoms with van der Waals surface area (Å²) in [5, 5.41) is 0. The number of carbonyl (C=O) groups is 1. The number of nitrogens with zero attached hydrogens (tertiary/aromatic N) is 1. The van der Waals surface area contributed by atoms with Gasteiger partial charge in [0.15, 0.2) is 5.69 Å². The van der Waals surface area contributed by atoms with Gasteiger partial charge in [-0.1, -0.05) is 25.1 Å².